The number of ether oxygens (including phenoxy) is 3. The highest BCUT2D eigenvalue weighted by Crippen LogP contribution is 2.67. The first-order valence-corrected chi connectivity index (χ1v) is 17.3. The average molecular weight is 682 g/mol. The molecule has 256 valence electrons. The maximum absolute atomic E-state index is 13.6. The third-order valence-electron chi connectivity index (χ3n) is 10.7. The predicted molar refractivity (Wildman–Crippen MR) is 170 cm³/mol. The van der Waals surface area contributed by atoms with Crippen molar-refractivity contribution in [1.29, 1.82) is 0 Å². The zero-order chi connectivity index (χ0) is 34.6. The molecule has 48 heavy (non-hydrogen) atoms. The van der Waals surface area contributed by atoms with E-state index >= 15 is 0 Å². The molecule has 3 aromatic rings. The largest absolute Gasteiger partial charge is 0.482 e. The summed E-state index contributed by atoms with van der Waals surface area (Å²) in [4.78, 5) is 42.6. The van der Waals surface area contributed by atoms with Crippen LogP contribution < -0.4 is 10.4 Å². The number of hydrogen-bond acceptors (Lipinski definition) is 12. The number of hydrogen-bond donors (Lipinski definition) is 1. The minimum atomic E-state index is -4.22. The van der Waals surface area contributed by atoms with Gasteiger partial charge >= 0.3 is 17.6 Å². The first-order valence-electron chi connectivity index (χ1n) is 15.8. The lowest BCUT2D eigenvalue weighted by Crippen LogP contribution is -2.71. The molecule has 0 saturated heterocycles. The number of esters is 2. The summed E-state index contributed by atoms with van der Waals surface area (Å²) in [5, 5.41) is 12.2. The van der Waals surface area contributed by atoms with E-state index in [0.717, 1.165) is 0 Å². The summed E-state index contributed by atoms with van der Waals surface area (Å²) in [5.74, 6) is -2.25. The van der Waals surface area contributed by atoms with Crippen LogP contribution in [0.3, 0.4) is 0 Å². The molecule has 0 radical (unpaired) electrons. The maximum Gasteiger partial charge on any atom is 0.345 e. The van der Waals surface area contributed by atoms with Gasteiger partial charge in [-0.15, -0.1) is 0 Å². The van der Waals surface area contributed by atoms with Gasteiger partial charge in [-0.1, -0.05) is 32.0 Å². The Hall–Kier alpha value is -4.07. The Morgan fingerprint density at radius 3 is 2.35 bits per heavy atom. The summed E-state index contributed by atoms with van der Waals surface area (Å²) in [6.45, 7) is 7.67. The molecule has 2 aromatic heterocycles. The number of rotatable bonds is 7. The van der Waals surface area contributed by atoms with E-state index in [4.69, 9.17) is 22.8 Å². The van der Waals surface area contributed by atoms with Crippen molar-refractivity contribution in [3.8, 4) is 17.1 Å². The third kappa shape index (κ3) is 5.61. The van der Waals surface area contributed by atoms with Crippen LogP contribution in [-0.2, 0) is 33.4 Å². The van der Waals surface area contributed by atoms with E-state index in [0.29, 0.717) is 18.4 Å². The molecule has 2 aliphatic carbocycles. The lowest BCUT2D eigenvalue weighted by Gasteiger charge is -2.66. The molecule has 0 bridgehead atoms. The SMILES string of the molecule is CC(=O)O[C@H]1CC[C@@]2(C)[C@@H](C[C@H](OC(C)=O)[C@@]3(C)Oc4cc(-c5cccnc5)oc(=O)c4[C@H](O)[C@H]23)[C@]1(C)COS(=O)(=O)c1ccccc1. The van der Waals surface area contributed by atoms with E-state index in [-0.39, 0.29) is 35.0 Å². The molecule has 1 aromatic carbocycles. The average Bonchev–Trinajstić information content (AvgIpc) is 3.03. The quantitative estimate of drug-likeness (QED) is 0.272. The van der Waals surface area contributed by atoms with E-state index in [2.05, 4.69) is 4.98 Å². The van der Waals surface area contributed by atoms with Gasteiger partial charge < -0.3 is 23.7 Å². The smallest absolute Gasteiger partial charge is 0.345 e. The number of pyridine rings is 1. The van der Waals surface area contributed by atoms with Crippen molar-refractivity contribution in [2.24, 2.45) is 22.7 Å². The Bertz CT molecular complexity index is 1880. The van der Waals surface area contributed by atoms with Gasteiger partial charge in [0.05, 0.1) is 17.6 Å². The molecule has 3 heterocycles. The second-order valence-corrected chi connectivity index (χ2v) is 15.3. The van der Waals surface area contributed by atoms with Crippen molar-refractivity contribution in [3.63, 3.8) is 0 Å². The molecule has 12 nitrogen and oxygen atoms in total. The number of aliphatic hydroxyl groups excluding tert-OH is 1. The normalized spacial score (nSPS) is 32.5. The second kappa shape index (κ2) is 12.1. The van der Waals surface area contributed by atoms with Crippen molar-refractivity contribution in [2.75, 3.05) is 6.61 Å². The Labute approximate surface area is 278 Å². The minimum Gasteiger partial charge on any atom is -0.482 e. The highest BCUT2D eigenvalue weighted by atomic mass is 32.2. The van der Waals surface area contributed by atoms with Crippen molar-refractivity contribution in [3.05, 3.63) is 76.9 Å². The predicted octanol–water partition coefficient (Wildman–Crippen LogP) is 4.60. The number of fused-ring (bicyclic) bond motifs is 4. The van der Waals surface area contributed by atoms with Crippen LogP contribution in [0.1, 0.15) is 65.5 Å². The number of nitrogens with zero attached hydrogens (tertiary/aromatic N) is 1. The lowest BCUT2D eigenvalue weighted by atomic mass is 9.42. The molecule has 0 amide bonds. The number of aromatic nitrogens is 1. The van der Waals surface area contributed by atoms with Crippen LogP contribution in [0.15, 0.2) is 75.0 Å². The van der Waals surface area contributed by atoms with Crippen molar-refractivity contribution < 1.29 is 45.9 Å². The van der Waals surface area contributed by atoms with Gasteiger partial charge in [0.25, 0.3) is 10.1 Å². The number of carbonyl (C=O) groups excluding carboxylic acids is 2. The van der Waals surface area contributed by atoms with Gasteiger partial charge in [0.1, 0.15) is 34.9 Å². The lowest BCUT2D eigenvalue weighted by molar-refractivity contribution is -0.269. The van der Waals surface area contributed by atoms with Gasteiger partial charge in [-0.25, -0.2) is 4.79 Å². The molecular weight excluding hydrogens is 642 g/mol. The second-order valence-electron chi connectivity index (χ2n) is 13.7. The maximum atomic E-state index is 13.6. The minimum absolute atomic E-state index is 0.0321. The molecular formula is C35H39NO11S. The van der Waals surface area contributed by atoms with Crippen molar-refractivity contribution >= 4 is 22.1 Å². The van der Waals surface area contributed by atoms with E-state index in [1.165, 1.54) is 38.2 Å². The molecule has 1 N–H and O–H groups in total. The number of carbonyl (C=O) groups is 2. The Morgan fingerprint density at radius 2 is 1.71 bits per heavy atom. The molecule has 6 rings (SSSR count). The van der Waals surface area contributed by atoms with Crippen LogP contribution in [-0.4, -0.2) is 54.9 Å². The van der Waals surface area contributed by atoms with E-state index in [9.17, 15) is 27.9 Å². The molecule has 3 aliphatic rings. The standard InChI is InChI=1S/C35H39NO11S/c1-20(37)44-27-13-14-33(3)26(34(27,4)19-43-48(41,42)23-11-7-6-8-12-23)17-28(45-21(2)38)35(5)31(33)30(39)29-25(47-35)16-24(46-32(29)40)22-10-9-15-36-18-22/h6-12,15-16,18,26-28,30-31,39H,13-14,17,19H2,1-5H3/t26-,27+,28+,30+,31-,33+,34+,35-/m1/s1. The van der Waals surface area contributed by atoms with Gasteiger partial charge in [-0.2, -0.15) is 8.42 Å². The van der Waals surface area contributed by atoms with E-state index < -0.39 is 74.3 Å². The molecule has 2 saturated carbocycles. The third-order valence-corrected chi connectivity index (χ3v) is 12.0. The summed E-state index contributed by atoms with van der Waals surface area (Å²) >= 11 is 0. The molecule has 0 unspecified atom stereocenters. The Balaban J connectivity index is 1.46. The molecule has 13 heteroatoms. The molecule has 2 fully saturated rings. The highest BCUT2D eigenvalue weighted by Gasteiger charge is 2.70. The van der Waals surface area contributed by atoms with Crippen molar-refractivity contribution in [1.82, 2.24) is 4.98 Å². The van der Waals surface area contributed by atoms with Gasteiger partial charge in [-0.05, 0) is 61.8 Å². The zero-order valence-electron chi connectivity index (χ0n) is 27.4. The monoisotopic (exact) mass is 681 g/mol. The highest BCUT2D eigenvalue weighted by molar-refractivity contribution is 7.86. The van der Waals surface area contributed by atoms with Crippen LogP contribution in [0.5, 0.6) is 5.75 Å². The van der Waals surface area contributed by atoms with E-state index in [1.807, 2.05) is 6.92 Å². The van der Waals surface area contributed by atoms with E-state index in [1.54, 1.807) is 50.4 Å². The van der Waals surface area contributed by atoms with Gasteiger partial charge in [0.15, 0.2) is 0 Å². The van der Waals surface area contributed by atoms with Gasteiger partial charge in [-0.3, -0.25) is 18.8 Å². The topological polar surface area (TPSA) is 169 Å². The fraction of sp³-hybridized carbons (Fsp3) is 0.486. The Kier molecular flexibility index (Phi) is 8.54. The van der Waals surface area contributed by atoms with Crippen LogP contribution in [0.25, 0.3) is 11.3 Å². The fourth-order valence-electron chi connectivity index (χ4n) is 8.64. The summed E-state index contributed by atoms with van der Waals surface area (Å²) < 4.78 is 56.4. The fourth-order valence-corrected chi connectivity index (χ4v) is 9.68. The van der Waals surface area contributed by atoms with Gasteiger partial charge in [0.2, 0.25) is 0 Å². The Morgan fingerprint density at radius 1 is 1.02 bits per heavy atom. The number of aliphatic hydroxyl groups is 1. The summed E-state index contributed by atoms with van der Waals surface area (Å²) in [6, 6.07) is 12.6. The van der Waals surface area contributed by atoms with Crippen LogP contribution in [0.4, 0.5) is 0 Å². The van der Waals surface area contributed by atoms with Crippen LogP contribution in [0.2, 0.25) is 0 Å². The molecule has 0 spiro atoms. The molecule has 1 aliphatic heterocycles. The summed E-state index contributed by atoms with van der Waals surface area (Å²) in [7, 11) is -4.22. The number of benzene rings is 1. The van der Waals surface area contributed by atoms with Gasteiger partial charge in [0, 0.05) is 49.2 Å². The van der Waals surface area contributed by atoms with Crippen LogP contribution >= 0.6 is 0 Å². The summed E-state index contributed by atoms with van der Waals surface area (Å²) in [5.41, 5.74) is -3.70. The van der Waals surface area contributed by atoms with Crippen molar-refractivity contribution in [2.45, 2.75) is 82.7 Å². The first kappa shape index (κ1) is 33.8. The van der Waals surface area contributed by atoms with Crippen LogP contribution in [0, 0.1) is 22.7 Å². The zero-order valence-corrected chi connectivity index (χ0v) is 28.2. The molecule has 8 atom stereocenters. The summed E-state index contributed by atoms with van der Waals surface area (Å²) in [6.07, 6.45) is 0.817. The first-order chi connectivity index (χ1) is 22.6.